The van der Waals surface area contributed by atoms with Crippen LogP contribution in [-0.4, -0.2) is 42.5 Å². The van der Waals surface area contributed by atoms with Crippen molar-refractivity contribution in [1.82, 2.24) is 34.5 Å². The molecule has 11 aromatic carbocycles. The van der Waals surface area contributed by atoms with Gasteiger partial charge in [0.15, 0.2) is 43.0 Å². The molecule has 0 aliphatic carbocycles. The average Bonchev–Trinajstić information content (AvgIpc) is 3.98. The van der Waals surface area contributed by atoms with E-state index >= 15 is 0 Å². The average molecular weight is 1040 g/mol. The monoisotopic (exact) mass is 1040 g/mol. The molecule has 0 saturated carbocycles. The molecule has 0 bridgehead atoms. The van der Waals surface area contributed by atoms with Crippen LogP contribution in [0.2, 0.25) is 0 Å². The van der Waals surface area contributed by atoms with Gasteiger partial charge in [0, 0.05) is 49.8 Å². The predicted octanol–water partition coefficient (Wildman–Crippen LogP) is 14.2. The van der Waals surface area contributed by atoms with Gasteiger partial charge in [-0.15, -0.1) is 0 Å². The molecule has 0 spiro atoms. The zero-order valence-electron chi connectivity index (χ0n) is 43.4. The third kappa shape index (κ3) is 8.76. The zero-order valence-corrected chi connectivity index (χ0v) is 44.4. The summed E-state index contributed by atoms with van der Waals surface area (Å²) < 4.78 is 2.37. The summed E-state index contributed by atoms with van der Waals surface area (Å²) in [5.41, 5.74) is 10.5. The van der Waals surface area contributed by atoms with E-state index in [9.17, 15) is 0 Å². The molecule has 0 aliphatic heterocycles. The Labute approximate surface area is 465 Å². The van der Waals surface area contributed by atoms with Crippen LogP contribution in [0.25, 0.3) is 107 Å². The Morgan fingerprint density at radius 3 is 1.07 bits per heavy atom. The second-order valence-corrected chi connectivity index (χ2v) is 23.6. The lowest BCUT2D eigenvalue weighted by Crippen LogP contribution is -2.74. The van der Waals surface area contributed by atoms with E-state index in [1.165, 1.54) is 20.7 Å². The summed E-state index contributed by atoms with van der Waals surface area (Å²) >= 11 is 0. The lowest BCUT2D eigenvalue weighted by molar-refractivity contribution is 1.07. The topological polar surface area (TPSA) is 82.3 Å². The van der Waals surface area contributed by atoms with Crippen molar-refractivity contribution in [2.45, 2.75) is 0 Å². The molecular formula is C72H49N7Si. The van der Waals surface area contributed by atoms with Gasteiger partial charge >= 0.3 is 0 Å². The minimum atomic E-state index is -2.96. The van der Waals surface area contributed by atoms with Crippen molar-refractivity contribution in [3.05, 3.63) is 297 Å². The molecular weight excluding hydrogens is 991 g/mol. The molecule has 80 heavy (non-hydrogen) atoms. The molecule has 0 fully saturated rings. The van der Waals surface area contributed by atoms with E-state index in [1.54, 1.807) is 0 Å². The van der Waals surface area contributed by atoms with Gasteiger partial charge in [-0.2, -0.15) is 0 Å². The Hall–Kier alpha value is -10.5. The number of benzene rings is 11. The smallest absolute Gasteiger partial charge is 0.179 e. The highest BCUT2D eigenvalue weighted by atomic mass is 28.3. The molecule has 0 N–H and O–H groups in total. The second-order valence-electron chi connectivity index (χ2n) is 19.8. The molecule has 0 radical (unpaired) electrons. The Kier molecular flexibility index (Phi) is 12.4. The lowest BCUT2D eigenvalue weighted by Gasteiger charge is -2.34. The van der Waals surface area contributed by atoms with Crippen LogP contribution in [0.4, 0.5) is 0 Å². The Bertz CT molecular complexity index is 4290. The van der Waals surface area contributed by atoms with Crippen LogP contribution in [0, 0.1) is 0 Å². The number of nitrogens with zero attached hydrogens (tertiary/aromatic N) is 7. The molecule has 14 aromatic rings. The molecule has 0 amide bonds. The molecule has 0 unspecified atom stereocenters. The van der Waals surface area contributed by atoms with E-state index in [4.69, 9.17) is 29.9 Å². The minimum Gasteiger partial charge on any atom is -0.309 e. The normalized spacial score (nSPS) is 11.5. The van der Waals surface area contributed by atoms with Crippen LogP contribution >= 0.6 is 0 Å². The maximum atomic E-state index is 5.36. The van der Waals surface area contributed by atoms with Crippen molar-refractivity contribution in [2.24, 2.45) is 0 Å². The molecule has 0 aliphatic rings. The van der Waals surface area contributed by atoms with E-state index in [0.29, 0.717) is 34.9 Å². The third-order valence-corrected chi connectivity index (χ3v) is 19.8. The predicted molar refractivity (Wildman–Crippen MR) is 329 cm³/mol. The van der Waals surface area contributed by atoms with Crippen molar-refractivity contribution in [2.75, 3.05) is 0 Å². The first-order valence-corrected chi connectivity index (χ1v) is 28.9. The van der Waals surface area contributed by atoms with E-state index in [1.807, 2.05) is 97.1 Å². The number of hydrogen-bond donors (Lipinski definition) is 0. The second kappa shape index (κ2) is 20.8. The molecule has 8 heteroatoms. The van der Waals surface area contributed by atoms with Gasteiger partial charge in [-0.3, -0.25) is 0 Å². The number of para-hydroxylation sites is 1. The largest absolute Gasteiger partial charge is 0.309 e. The number of aromatic nitrogens is 7. The van der Waals surface area contributed by atoms with Crippen molar-refractivity contribution in [3.8, 4) is 85.1 Å². The standard InChI is InChI=1S/C72H49N7Si/c1-8-25-50(26-9-1)67-73-68(51-27-10-2-11-28-51)76-71(75-67)55-43-45-62-61-41-22-23-42-65(61)79(66(62)48-55)56-44-46-63(72-77-69(52-29-12-3-13-30-52)74-70(78-72)53-31-14-4-15-32-53)64(49-56)54-33-24-40-60(47-54)80(57-34-16-5-17-35-57,58-36-18-6-19-37-58)59-38-20-7-21-39-59/h1-49H. The summed E-state index contributed by atoms with van der Waals surface area (Å²) in [6.45, 7) is 0. The molecule has 7 nitrogen and oxygen atoms in total. The van der Waals surface area contributed by atoms with Crippen LogP contribution in [0.1, 0.15) is 0 Å². The molecule has 0 atom stereocenters. The van der Waals surface area contributed by atoms with Gasteiger partial charge in [0.1, 0.15) is 0 Å². The Morgan fingerprint density at radius 2 is 0.600 bits per heavy atom. The summed E-state index contributed by atoms with van der Waals surface area (Å²) in [5, 5.41) is 7.39. The summed E-state index contributed by atoms with van der Waals surface area (Å²) in [6, 6.07) is 105. The van der Waals surface area contributed by atoms with Gasteiger partial charge < -0.3 is 4.57 Å². The van der Waals surface area contributed by atoms with E-state index in [2.05, 4.69) is 205 Å². The number of fused-ring (bicyclic) bond motifs is 3. The van der Waals surface area contributed by atoms with Crippen molar-refractivity contribution in [3.63, 3.8) is 0 Å². The van der Waals surface area contributed by atoms with Gasteiger partial charge in [-0.25, -0.2) is 29.9 Å². The van der Waals surface area contributed by atoms with Gasteiger partial charge in [-0.05, 0) is 62.2 Å². The first kappa shape index (κ1) is 47.9. The highest BCUT2D eigenvalue weighted by Gasteiger charge is 2.41. The first-order valence-electron chi connectivity index (χ1n) is 26.9. The van der Waals surface area contributed by atoms with Gasteiger partial charge in [-0.1, -0.05) is 267 Å². The van der Waals surface area contributed by atoms with E-state index in [-0.39, 0.29) is 0 Å². The Balaban J connectivity index is 1.03. The maximum Gasteiger partial charge on any atom is 0.179 e. The fraction of sp³-hybridized carbons (Fsp3) is 0. The number of rotatable bonds is 12. The third-order valence-electron chi connectivity index (χ3n) is 15.1. The van der Waals surface area contributed by atoms with Gasteiger partial charge in [0.2, 0.25) is 0 Å². The van der Waals surface area contributed by atoms with Crippen LogP contribution in [0.15, 0.2) is 297 Å². The maximum absolute atomic E-state index is 5.36. The van der Waals surface area contributed by atoms with E-state index in [0.717, 1.165) is 72.0 Å². The van der Waals surface area contributed by atoms with Gasteiger partial charge in [0.25, 0.3) is 0 Å². The Morgan fingerprint density at radius 1 is 0.225 bits per heavy atom. The van der Waals surface area contributed by atoms with Crippen molar-refractivity contribution in [1.29, 1.82) is 0 Å². The first-order chi connectivity index (χ1) is 39.7. The van der Waals surface area contributed by atoms with Crippen LogP contribution in [0.3, 0.4) is 0 Å². The SMILES string of the molecule is c1ccc(-c2nc(-c3ccccc3)nc(-c3ccc4c5ccccc5n(-c5ccc(-c6nc(-c7ccccc7)nc(-c7ccccc7)n6)c(-c6cccc([Si](c7ccccc7)(c7ccccc7)c7ccccc7)c6)c5)c4c3)n2)cc1. The van der Waals surface area contributed by atoms with Crippen LogP contribution < -0.4 is 20.7 Å². The number of hydrogen-bond acceptors (Lipinski definition) is 6. The lowest BCUT2D eigenvalue weighted by atomic mass is 9.98. The fourth-order valence-electron chi connectivity index (χ4n) is 11.3. The van der Waals surface area contributed by atoms with Crippen molar-refractivity contribution >= 4 is 50.6 Å². The summed E-state index contributed by atoms with van der Waals surface area (Å²) in [4.78, 5) is 31.2. The molecule has 0 saturated heterocycles. The fourth-order valence-corrected chi connectivity index (χ4v) is 16.1. The molecule has 376 valence electrons. The highest BCUT2D eigenvalue weighted by molar-refractivity contribution is 7.19. The highest BCUT2D eigenvalue weighted by Crippen LogP contribution is 2.39. The summed E-state index contributed by atoms with van der Waals surface area (Å²) in [7, 11) is -2.96. The minimum absolute atomic E-state index is 0.574. The van der Waals surface area contributed by atoms with E-state index < -0.39 is 8.07 Å². The molecule has 3 heterocycles. The van der Waals surface area contributed by atoms with Crippen LogP contribution in [-0.2, 0) is 0 Å². The zero-order chi connectivity index (χ0) is 53.2. The molecule has 3 aromatic heterocycles. The van der Waals surface area contributed by atoms with Gasteiger partial charge in [0.05, 0.1) is 11.0 Å². The van der Waals surface area contributed by atoms with Crippen molar-refractivity contribution < 1.29 is 0 Å². The summed E-state index contributed by atoms with van der Waals surface area (Å²) in [5.74, 6) is 3.58. The van der Waals surface area contributed by atoms with Crippen LogP contribution in [0.5, 0.6) is 0 Å². The summed E-state index contributed by atoms with van der Waals surface area (Å²) in [6.07, 6.45) is 0. The molecule has 14 rings (SSSR count). The quantitative estimate of drug-likeness (QED) is 0.0896.